The monoisotopic (exact) mass is 280 g/mol. The Labute approximate surface area is 125 Å². The predicted octanol–water partition coefficient (Wildman–Crippen LogP) is 3.29. The lowest BCUT2D eigenvalue weighted by Crippen LogP contribution is -2.24. The molecule has 108 valence electrons. The average molecular weight is 280 g/mol. The summed E-state index contributed by atoms with van der Waals surface area (Å²) in [5.41, 5.74) is 4.38. The lowest BCUT2D eigenvalue weighted by atomic mass is 10.0. The van der Waals surface area contributed by atoms with Crippen LogP contribution in [0, 0.1) is 19.8 Å². The zero-order chi connectivity index (χ0) is 14.8. The van der Waals surface area contributed by atoms with Gasteiger partial charge in [-0.1, -0.05) is 24.3 Å². The molecule has 21 heavy (non-hydrogen) atoms. The fourth-order valence-corrected chi connectivity index (χ4v) is 2.87. The fourth-order valence-electron chi connectivity index (χ4n) is 2.87. The van der Waals surface area contributed by atoms with E-state index in [-0.39, 0.29) is 5.91 Å². The topological polar surface area (TPSA) is 33.2 Å². The molecule has 2 aromatic rings. The molecule has 1 aliphatic rings. The molecule has 3 rings (SSSR count). The molecular formula is C18H20N2O. The van der Waals surface area contributed by atoms with E-state index in [0.717, 1.165) is 30.0 Å². The Kier molecular flexibility index (Phi) is 3.74. The van der Waals surface area contributed by atoms with Gasteiger partial charge < -0.3 is 4.90 Å². The van der Waals surface area contributed by atoms with Crippen molar-refractivity contribution in [3.8, 4) is 0 Å². The second-order valence-corrected chi connectivity index (χ2v) is 5.82. The van der Waals surface area contributed by atoms with E-state index in [1.807, 2.05) is 42.2 Å². The minimum atomic E-state index is 0.218. The molecule has 1 atom stereocenters. The summed E-state index contributed by atoms with van der Waals surface area (Å²) in [7, 11) is 0. The van der Waals surface area contributed by atoms with Crippen molar-refractivity contribution in [2.24, 2.45) is 5.92 Å². The van der Waals surface area contributed by atoms with E-state index >= 15 is 0 Å². The lowest BCUT2D eigenvalue weighted by Gasteiger charge is -2.16. The Balaban J connectivity index is 1.71. The molecule has 1 saturated heterocycles. The van der Waals surface area contributed by atoms with Gasteiger partial charge in [-0.2, -0.15) is 0 Å². The molecule has 1 amide bonds. The molecule has 0 N–H and O–H groups in total. The summed E-state index contributed by atoms with van der Waals surface area (Å²) in [5.74, 6) is 0.572. The van der Waals surface area contributed by atoms with Crippen molar-refractivity contribution < 1.29 is 4.79 Å². The fraction of sp³-hybridized carbons (Fsp3) is 0.333. The number of amides is 1. The highest BCUT2D eigenvalue weighted by molar-refractivity contribution is 5.95. The minimum Gasteiger partial charge on any atom is -0.312 e. The molecule has 1 fully saturated rings. The molecule has 0 saturated carbocycles. The van der Waals surface area contributed by atoms with Gasteiger partial charge in [-0.15, -0.1) is 0 Å². The lowest BCUT2D eigenvalue weighted by molar-refractivity contribution is -0.117. The smallest absolute Gasteiger partial charge is 0.227 e. The Morgan fingerprint density at radius 1 is 1.14 bits per heavy atom. The summed E-state index contributed by atoms with van der Waals surface area (Å²) in [6.45, 7) is 4.90. The Morgan fingerprint density at radius 2 is 1.90 bits per heavy atom. The van der Waals surface area contributed by atoms with E-state index in [4.69, 9.17) is 0 Å². The van der Waals surface area contributed by atoms with Crippen molar-refractivity contribution in [1.82, 2.24) is 4.98 Å². The first-order chi connectivity index (χ1) is 10.1. The number of aromatic nitrogens is 1. The number of hydrogen-bond donors (Lipinski definition) is 0. The molecule has 1 aliphatic heterocycles. The highest BCUT2D eigenvalue weighted by Crippen LogP contribution is 2.26. The van der Waals surface area contributed by atoms with Gasteiger partial charge in [0.1, 0.15) is 0 Å². The Bertz CT molecular complexity index is 652. The molecule has 1 aromatic heterocycles. The molecule has 3 heteroatoms. The molecule has 0 spiro atoms. The maximum absolute atomic E-state index is 12.2. The summed E-state index contributed by atoms with van der Waals surface area (Å²) in [5, 5.41) is 0. The number of aryl methyl sites for hydroxylation is 2. The maximum atomic E-state index is 12.2. The summed E-state index contributed by atoms with van der Waals surface area (Å²) in [4.78, 5) is 18.7. The zero-order valence-electron chi connectivity index (χ0n) is 12.5. The van der Waals surface area contributed by atoms with Crippen molar-refractivity contribution in [3.05, 3.63) is 59.4 Å². The van der Waals surface area contributed by atoms with E-state index in [9.17, 15) is 4.79 Å². The normalized spacial score (nSPS) is 18.3. The predicted molar refractivity (Wildman–Crippen MR) is 84.3 cm³/mol. The number of benzene rings is 1. The first-order valence-electron chi connectivity index (χ1n) is 7.42. The maximum Gasteiger partial charge on any atom is 0.227 e. The second-order valence-electron chi connectivity index (χ2n) is 5.82. The number of rotatable bonds is 3. The molecule has 0 radical (unpaired) electrons. The van der Waals surface area contributed by atoms with Gasteiger partial charge in [0, 0.05) is 30.0 Å². The largest absolute Gasteiger partial charge is 0.312 e. The number of anilines is 1. The molecule has 0 unspecified atom stereocenters. The van der Waals surface area contributed by atoms with Crippen molar-refractivity contribution in [2.45, 2.75) is 26.7 Å². The van der Waals surface area contributed by atoms with E-state index in [0.29, 0.717) is 12.3 Å². The van der Waals surface area contributed by atoms with Crippen LogP contribution in [0.25, 0.3) is 0 Å². The molecule has 3 nitrogen and oxygen atoms in total. The number of carbonyl (C=O) groups is 1. The van der Waals surface area contributed by atoms with Crippen LogP contribution in [0.1, 0.15) is 23.4 Å². The zero-order valence-corrected chi connectivity index (χ0v) is 12.5. The van der Waals surface area contributed by atoms with Gasteiger partial charge in [-0.05, 0) is 49.9 Å². The second kappa shape index (κ2) is 5.68. The van der Waals surface area contributed by atoms with Gasteiger partial charge in [-0.25, -0.2) is 0 Å². The molecule has 1 aromatic carbocycles. The van der Waals surface area contributed by atoms with Crippen molar-refractivity contribution in [1.29, 1.82) is 0 Å². The summed E-state index contributed by atoms with van der Waals surface area (Å²) in [6.07, 6.45) is 1.49. The first kappa shape index (κ1) is 13.8. The number of nitrogens with zero attached hydrogens (tertiary/aromatic N) is 2. The van der Waals surface area contributed by atoms with E-state index < -0.39 is 0 Å². The van der Waals surface area contributed by atoms with Gasteiger partial charge in [0.2, 0.25) is 5.91 Å². The van der Waals surface area contributed by atoms with Crippen LogP contribution in [-0.2, 0) is 11.2 Å². The summed E-state index contributed by atoms with van der Waals surface area (Å²) >= 11 is 0. The van der Waals surface area contributed by atoms with Crippen LogP contribution in [0.5, 0.6) is 0 Å². The number of hydrogen-bond acceptors (Lipinski definition) is 2. The van der Waals surface area contributed by atoms with Gasteiger partial charge in [0.15, 0.2) is 0 Å². The van der Waals surface area contributed by atoms with Crippen LogP contribution < -0.4 is 4.90 Å². The SMILES string of the molecule is Cc1ccc(C[C@H]2CC(=O)N(c3ccccc3)C2)nc1C. The van der Waals surface area contributed by atoms with Gasteiger partial charge in [-0.3, -0.25) is 9.78 Å². The third-order valence-corrected chi connectivity index (χ3v) is 4.18. The van der Waals surface area contributed by atoms with E-state index in [1.54, 1.807) is 0 Å². The van der Waals surface area contributed by atoms with E-state index in [1.165, 1.54) is 5.56 Å². The van der Waals surface area contributed by atoms with Crippen LogP contribution in [-0.4, -0.2) is 17.4 Å². The van der Waals surface area contributed by atoms with Crippen LogP contribution >= 0.6 is 0 Å². The number of pyridine rings is 1. The third-order valence-electron chi connectivity index (χ3n) is 4.18. The van der Waals surface area contributed by atoms with Crippen molar-refractivity contribution in [2.75, 3.05) is 11.4 Å². The number of carbonyl (C=O) groups excluding carboxylic acids is 1. The average Bonchev–Trinajstić information content (AvgIpc) is 2.84. The standard InChI is InChI=1S/C18H20N2O/c1-13-8-9-16(19-14(13)2)10-15-11-18(21)20(12-15)17-6-4-3-5-7-17/h3-9,15H,10-12H2,1-2H3/t15-/m0/s1. The van der Waals surface area contributed by atoms with Crippen LogP contribution in [0.2, 0.25) is 0 Å². The summed E-state index contributed by atoms with van der Waals surface area (Å²) in [6, 6.07) is 14.1. The van der Waals surface area contributed by atoms with Gasteiger partial charge in [0.25, 0.3) is 0 Å². The van der Waals surface area contributed by atoms with Crippen molar-refractivity contribution >= 4 is 11.6 Å². The van der Waals surface area contributed by atoms with Gasteiger partial charge >= 0.3 is 0 Å². The Morgan fingerprint density at radius 3 is 2.62 bits per heavy atom. The van der Waals surface area contributed by atoms with Crippen LogP contribution in [0.4, 0.5) is 5.69 Å². The third kappa shape index (κ3) is 2.97. The number of para-hydroxylation sites is 1. The molecule has 2 heterocycles. The highest BCUT2D eigenvalue weighted by atomic mass is 16.2. The first-order valence-corrected chi connectivity index (χ1v) is 7.42. The molecule has 0 bridgehead atoms. The summed E-state index contributed by atoms with van der Waals surface area (Å²) < 4.78 is 0. The van der Waals surface area contributed by atoms with Crippen LogP contribution in [0.15, 0.2) is 42.5 Å². The quantitative estimate of drug-likeness (QED) is 0.864. The molecular weight excluding hydrogens is 260 g/mol. The minimum absolute atomic E-state index is 0.218. The Hall–Kier alpha value is -2.16. The van der Waals surface area contributed by atoms with E-state index in [2.05, 4.69) is 24.0 Å². The van der Waals surface area contributed by atoms with Gasteiger partial charge in [0.05, 0.1) is 0 Å². The highest BCUT2D eigenvalue weighted by Gasteiger charge is 2.30. The van der Waals surface area contributed by atoms with Crippen molar-refractivity contribution in [3.63, 3.8) is 0 Å². The molecule has 0 aliphatic carbocycles. The van der Waals surface area contributed by atoms with Crippen LogP contribution in [0.3, 0.4) is 0 Å².